The van der Waals surface area contributed by atoms with Crippen molar-refractivity contribution in [3.05, 3.63) is 47.9 Å². The zero-order valence-electron chi connectivity index (χ0n) is 16.5. The number of hydrogen-bond donors (Lipinski definition) is 0. The summed E-state index contributed by atoms with van der Waals surface area (Å²) in [6.07, 6.45) is 4.88. The summed E-state index contributed by atoms with van der Waals surface area (Å²) in [6.45, 7) is 5.14. The normalized spacial score (nSPS) is 21.7. The largest absolute Gasteiger partial charge is 1.00 e. The summed E-state index contributed by atoms with van der Waals surface area (Å²) >= 11 is 0. The van der Waals surface area contributed by atoms with Crippen molar-refractivity contribution in [2.24, 2.45) is 0 Å². The molecule has 0 saturated carbocycles. The van der Waals surface area contributed by atoms with Crippen LogP contribution in [0.25, 0.3) is 0 Å². The molecule has 1 aromatic rings. The summed E-state index contributed by atoms with van der Waals surface area (Å²) < 4.78 is 22.1. The van der Waals surface area contributed by atoms with Gasteiger partial charge >= 0.3 is 33.6 Å². The van der Waals surface area contributed by atoms with E-state index in [0.29, 0.717) is 13.0 Å². The third-order valence-corrected chi connectivity index (χ3v) is 4.08. The van der Waals surface area contributed by atoms with Gasteiger partial charge in [0.2, 0.25) is 0 Å². The molecule has 0 bridgehead atoms. The SMILES string of the molecule is COC([O])=C[C@@H]1C[C@H](CCCCOCc2ccccc2)OC(C)(C)O1.[Cl-].[Hg+]. The number of rotatable bonds is 9. The molecule has 2 radical (unpaired) electrons. The molecule has 1 saturated heterocycles. The maximum absolute atomic E-state index is 11.4. The zero-order chi connectivity index (χ0) is 18.1. The number of halogens is 1. The first-order valence-corrected chi connectivity index (χ1v) is 8.88. The summed E-state index contributed by atoms with van der Waals surface area (Å²) in [4.78, 5) is 0. The molecular weight excluding hydrogens is 556 g/mol. The molecule has 0 amide bonds. The summed E-state index contributed by atoms with van der Waals surface area (Å²) in [5.74, 6) is -1.06. The van der Waals surface area contributed by atoms with Gasteiger partial charge in [-0.15, -0.1) is 0 Å². The molecular formula is C20H29ClHgO5. The van der Waals surface area contributed by atoms with E-state index in [0.717, 1.165) is 25.9 Å². The minimum Gasteiger partial charge on any atom is -1.00 e. The van der Waals surface area contributed by atoms with Crippen LogP contribution >= 0.6 is 0 Å². The van der Waals surface area contributed by atoms with Gasteiger partial charge in [0.05, 0.1) is 25.9 Å². The van der Waals surface area contributed by atoms with Crippen LogP contribution in [-0.2, 0) is 58.3 Å². The standard InChI is InChI=1S/C20H29O5.ClH.Hg/c1-20(2)24-17(13-18(25-20)14-19(21)22-3)11-7-8-12-23-15-16-9-5-4-6-10-16;;/h4-6,9-10,14,17-18H,7-8,11-13,15H2,1-3H3;1H;/q;;+1/p-1/t17-,18-;;/m0../s1. The average Bonchev–Trinajstić information content (AvgIpc) is 2.57. The predicted molar refractivity (Wildman–Crippen MR) is 94.2 cm³/mol. The van der Waals surface area contributed by atoms with E-state index in [9.17, 15) is 5.11 Å². The average molecular weight is 585 g/mol. The van der Waals surface area contributed by atoms with E-state index in [-0.39, 0.29) is 58.2 Å². The molecule has 0 aliphatic carbocycles. The molecule has 1 aromatic carbocycles. The molecule has 0 unspecified atom stereocenters. The molecule has 1 aliphatic rings. The van der Waals surface area contributed by atoms with E-state index in [1.165, 1.54) is 18.7 Å². The van der Waals surface area contributed by atoms with Gasteiger partial charge in [-0.05, 0) is 38.7 Å². The molecule has 7 heteroatoms. The van der Waals surface area contributed by atoms with Gasteiger partial charge in [0.15, 0.2) is 5.79 Å². The molecule has 5 nitrogen and oxygen atoms in total. The molecule has 27 heavy (non-hydrogen) atoms. The van der Waals surface area contributed by atoms with E-state index in [4.69, 9.17) is 14.2 Å². The van der Waals surface area contributed by atoms with Crippen molar-refractivity contribution in [1.82, 2.24) is 0 Å². The fourth-order valence-corrected chi connectivity index (χ4v) is 2.99. The molecule has 2 rings (SSSR count). The third kappa shape index (κ3) is 10.7. The number of ether oxygens (including phenoxy) is 4. The fraction of sp³-hybridized carbons (Fsp3) is 0.600. The Kier molecular flexibility index (Phi) is 13.6. The molecule has 2 atom stereocenters. The van der Waals surface area contributed by atoms with Crippen molar-refractivity contribution >= 4 is 0 Å². The molecule has 1 aliphatic heterocycles. The first-order valence-electron chi connectivity index (χ1n) is 8.88. The maximum atomic E-state index is 11.4. The van der Waals surface area contributed by atoms with Gasteiger partial charge in [0, 0.05) is 19.1 Å². The van der Waals surface area contributed by atoms with Gasteiger partial charge in [-0.25, -0.2) is 5.11 Å². The second-order valence-corrected chi connectivity index (χ2v) is 6.76. The van der Waals surface area contributed by atoms with E-state index in [1.54, 1.807) is 0 Å². The summed E-state index contributed by atoms with van der Waals surface area (Å²) in [7, 11) is 1.37. The Balaban J connectivity index is 0.00000338. The zero-order valence-corrected chi connectivity index (χ0v) is 22.7. The molecule has 0 aromatic heterocycles. The Hall–Kier alpha value is -0.335. The Bertz CT molecular complexity index is 538. The van der Waals surface area contributed by atoms with E-state index in [2.05, 4.69) is 16.9 Å². The minimum absolute atomic E-state index is 0. The monoisotopic (exact) mass is 586 g/mol. The van der Waals surface area contributed by atoms with Crippen LogP contribution in [0.3, 0.4) is 0 Å². The van der Waals surface area contributed by atoms with Crippen molar-refractivity contribution < 1.29 is 64.1 Å². The number of methoxy groups -OCH3 is 1. The van der Waals surface area contributed by atoms with Gasteiger partial charge in [-0.3, -0.25) is 0 Å². The Morgan fingerprint density at radius 2 is 1.93 bits per heavy atom. The van der Waals surface area contributed by atoms with Crippen LogP contribution in [0.15, 0.2) is 42.4 Å². The van der Waals surface area contributed by atoms with E-state index >= 15 is 0 Å². The topological polar surface area (TPSA) is 56.8 Å². The van der Waals surface area contributed by atoms with Gasteiger partial charge in [0.1, 0.15) is 0 Å². The van der Waals surface area contributed by atoms with Crippen LogP contribution in [0.2, 0.25) is 0 Å². The Morgan fingerprint density at radius 1 is 1.22 bits per heavy atom. The van der Waals surface area contributed by atoms with Crippen LogP contribution in [0, 0.1) is 0 Å². The maximum Gasteiger partial charge on any atom is 1.00 e. The van der Waals surface area contributed by atoms with Crippen LogP contribution in [-0.4, -0.2) is 31.7 Å². The van der Waals surface area contributed by atoms with Crippen LogP contribution in [0.4, 0.5) is 0 Å². The fourth-order valence-electron chi connectivity index (χ4n) is 2.99. The molecule has 148 valence electrons. The van der Waals surface area contributed by atoms with E-state index < -0.39 is 5.79 Å². The molecule has 0 spiro atoms. The summed E-state index contributed by atoms with van der Waals surface area (Å²) in [5.41, 5.74) is 1.19. The van der Waals surface area contributed by atoms with E-state index in [1.807, 2.05) is 32.0 Å². The second kappa shape index (κ2) is 13.8. The van der Waals surface area contributed by atoms with Crippen molar-refractivity contribution in [3.63, 3.8) is 0 Å². The summed E-state index contributed by atoms with van der Waals surface area (Å²) in [6, 6.07) is 10.2. The van der Waals surface area contributed by atoms with Crippen molar-refractivity contribution in [3.8, 4) is 0 Å². The van der Waals surface area contributed by atoms with Crippen LogP contribution < -0.4 is 12.4 Å². The van der Waals surface area contributed by atoms with Crippen molar-refractivity contribution in [2.45, 2.75) is 64.1 Å². The van der Waals surface area contributed by atoms with Gasteiger partial charge < -0.3 is 31.4 Å². The number of hydrogen-bond acceptors (Lipinski definition) is 4. The van der Waals surface area contributed by atoms with Gasteiger partial charge in [-0.1, -0.05) is 30.3 Å². The summed E-state index contributed by atoms with van der Waals surface area (Å²) in [5, 5.41) is 11.4. The number of unbranched alkanes of at least 4 members (excludes halogenated alkanes) is 1. The minimum atomic E-state index is -0.693. The van der Waals surface area contributed by atoms with Crippen molar-refractivity contribution in [2.75, 3.05) is 13.7 Å². The quantitative estimate of drug-likeness (QED) is 0.249. The number of benzene rings is 1. The molecule has 0 N–H and O–H groups in total. The first kappa shape index (κ1) is 26.7. The Labute approximate surface area is 189 Å². The Morgan fingerprint density at radius 3 is 2.59 bits per heavy atom. The van der Waals surface area contributed by atoms with Crippen molar-refractivity contribution in [1.29, 1.82) is 0 Å². The smallest absolute Gasteiger partial charge is 1.00 e. The molecule has 1 fully saturated rings. The molecule has 1 heterocycles. The third-order valence-electron chi connectivity index (χ3n) is 4.08. The van der Waals surface area contributed by atoms with Gasteiger partial charge in [0.25, 0.3) is 0 Å². The second-order valence-electron chi connectivity index (χ2n) is 6.76. The van der Waals surface area contributed by atoms with Crippen LogP contribution in [0.5, 0.6) is 0 Å². The van der Waals surface area contributed by atoms with Crippen LogP contribution in [0.1, 0.15) is 45.1 Å². The van der Waals surface area contributed by atoms with Gasteiger partial charge in [-0.2, -0.15) is 0 Å². The first-order chi connectivity index (χ1) is 12.0. The predicted octanol–water partition coefficient (Wildman–Crippen LogP) is 1.20.